The SMILES string of the molecule is COC(=O)Cc1ccccc1CSCC1CCCC1. The lowest BCUT2D eigenvalue weighted by atomic mass is 10.1. The molecule has 0 atom stereocenters. The van der Waals surface area contributed by atoms with E-state index in [9.17, 15) is 4.79 Å². The van der Waals surface area contributed by atoms with Crippen LogP contribution in [-0.4, -0.2) is 18.8 Å². The van der Waals surface area contributed by atoms with E-state index >= 15 is 0 Å². The molecule has 0 N–H and O–H groups in total. The van der Waals surface area contributed by atoms with Gasteiger partial charge in [0.1, 0.15) is 0 Å². The predicted octanol–water partition coefficient (Wildman–Crippen LogP) is 3.83. The first kappa shape index (κ1) is 14.4. The monoisotopic (exact) mass is 278 g/mol. The summed E-state index contributed by atoms with van der Waals surface area (Å²) in [5.74, 6) is 3.02. The Labute approximate surface area is 119 Å². The van der Waals surface area contributed by atoms with Crippen LogP contribution < -0.4 is 0 Å². The zero-order valence-corrected chi connectivity index (χ0v) is 12.4. The van der Waals surface area contributed by atoms with Gasteiger partial charge in [0.2, 0.25) is 0 Å². The fraction of sp³-hybridized carbons (Fsp3) is 0.562. The molecule has 1 fully saturated rings. The van der Waals surface area contributed by atoms with Crippen molar-refractivity contribution in [2.75, 3.05) is 12.9 Å². The molecule has 1 aliphatic rings. The second kappa shape index (κ2) is 7.59. The van der Waals surface area contributed by atoms with Gasteiger partial charge in [0.25, 0.3) is 0 Å². The van der Waals surface area contributed by atoms with Crippen molar-refractivity contribution < 1.29 is 9.53 Å². The molecule has 1 aromatic carbocycles. The molecular weight excluding hydrogens is 256 g/mol. The normalized spacial score (nSPS) is 15.6. The molecule has 0 unspecified atom stereocenters. The van der Waals surface area contributed by atoms with Crippen LogP contribution in [0.15, 0.2) is 24.3 Å². The first-order chi connectivity index (χ1) is 9.29. The van der Waals surface area contributed by atoms with Crippen LogP contribution in [0.1, 0.15) is 36.8 Å². The molecule has 0 aromatic heterocycles. The van der Waals surface area contributed by atoms with Crippen LogP contribution in [0.3, 0.4) is 0 Å². The lowest BCUT2D eigenvalue weighted by Crippen LogP contribution is -2.06. The van der Waals surface area contributed by atoms with Gasteiger partial charge in [-0.3, -0.25) is 4.79 Å². The molecular formula is C16H22O2S. The Balaban J connectivity index is 1.86. The summed E-state index contributed by atoms with van der Waals surface area (Å²) >= 11 is 2.00. The maximum absolute atomic E-state index is 11.4. The summed E-state index contributed by atoms with van der Waals surface area (Å²) in [6, 6.07) is 8.19. The summed E-state index contributed by atoms with van der Waals surface area (Å²) in [7, 11) is 1.44. The van der Waals surface area contributed by atoms with Crippen molar-refractivity contribution in [2.45, 2.75) is 37.9 Å². The molecule has 0 saturated heterocycles. The summed E-state index contributed by atoms with van der Waals surface area (Å²) in [4.78, 5) is 11.4. The van der Waals surface area contributed by atoms with E-state index in [0.717, 1.165) is 17.2 Å². The lowest BCUT2D eigenvalue weighted by Gasteiger charge is -2.11. The minimum atomic E-state index is -0.159. The van der Waals surface area contributed by atoms with Crippen LogP contribution in [0.25, 0.3) is 0 Å². The molecule has 0 bridgehead atoms. The van der Waals surface area contributed by atoms with E-state index in [1.54, 1.807) is 0 Å². The van der Waals surface area contributed by atoms with Crippen LogP contribution in [0.5, 0.6) is 0 Å². The third-order valence-corrected chi connectivity index (χ3v) is 4.99. The number of ether oxygens (including phenoxy) is 1. The molecule has 0 amide bonds. The maximum Gasteiger partial charge on any atom is 0.309 e. The highest BCUT2D eigenvalue weighted by atomic mass is 32.2. The second-order valence-electron chi connectivity index (χ2n) is 5.19. The molecule has 1 saturated carbocycles. The number of rotatable bonds is 6. The Morgan fingerprint density at radius 2 is 1.95 bits per heavy atom. The number of carbonyl (C=O) groups excluding carboxylic acids is 1. The van der Waals surface area contributed by atoms with Crippen molar-refractivity contribution in [1.29, 1.82) is 0 Å². The van der Waals surface area contributed by atoms with Crippen molar-refractivity contribution in [1.82, 2.24) is 0 Å². The van der Waals surface area contributed by atoms with Gasteiger partial charge in [0.05, 0.1) is 13.5 Å². The molecule has 2 rings (SSSR count). The Morgan fingerprint density at radius 1 is 1.26 bits per heavy atom. The van der Waals surface area contributed by atoms with E-state index < -0.39 is 0 Å². The van der Waals surface area contributed by atoms with Crippen molar-refractivity contribution in [2.24, 2.45) is 5.92 Å². The molecule has 104 valence electrons. The zero-order chi connectivity index (χ0) is 13.5. The smallest absolute Gasteiger partial charge is 0.309 e. The molecule has 1 aromatic rings. The Bertz CT molecular complexity index is 411. The first-order valence-corrected chi connectivity index (χ1v) is 8.16. The molecule has 1 aliphatic carbocycles. The van der Waals surface area contributed by atoms with E-state index in [1.165, 1.54) is 44.1 Å². The Morgan fingerprint density at radius 3 is 2.63 bits per heavy atom. The fourth-order valence-corrected chi connectivity index (χ4v) is 3.90. The third kappa shape index (κ3) is 4.57. The summed E-state index contributed by atoms with van der Waals surface area (Å²) in [5.41, 5.74) is 2.38. The minimum absolute atomic E-state index is 0.159. The fourth-order valence-electron chi connectivity index (χ4n) is 2.61. The van der Waals surface area contributed by atoms with E-state index in [0.29, 0.717) is 6.42 Å². The van der Waals surface area contributed by atoms with Crippen LogP contribution in [0.2, 0.25) is 0 Å². The number of thioether (sulfide) groups is 1. The van der Waals surface area contributed by atoms with Gasteiger partial charge >= 0.3 is 5.97 Å². The number of hydrogen-bond acceptors (Lipinski definition) is 3. The van der Waals surface area contributed by atoms with Gasteiger partial charge in [-0.2, -0.15) is 11.8 Å². The lowest BCUT2D eigenvalue weighted by molar-refractivity contribution is -0.139. The number of methoxy groups -OCH3 is 1. The molecule has 3 heteroatoms. The van der Waals surface area contributed by atoms with E-state index in [2.05, 4.69) is 6.07 Å². The number of hydrogen-bond donors (Lipinski definition) is 0. The van der Waals surface area contributed by atoms with Gasteiger partial charge in [-0.15, -0.1) is 0 Å². The van der Waals surface area contributed by atoms with Crippen LogP contribution >= 0.6 is 11.8 Å². The summed E-state index contributed by atoms with van der Waals surface area (Å²) in [6.07, 6.45) is 6.00. The molecule has 2 nitrogen and oxygen atoms in total. The average Bonchev–Trinajstić information content (AvgIpc) is 2.94. The van der Waals surface area contributed by atoms with Crippen LogP contribution in [0.4, 0.5) is 0 Å². The highest BCUT2D eigenvalue weighted by Crippen LogP contribution is 2.29. The van der Waals surface area contributed by atoms with Crippen LogP contribution in [-0.2, 0) is 21.7 Å². The van der Waals surface area contributed by atoms with E-state index in [4.69, 9.17) is 4.74 Å². The summed E-state index contributed by atoms with van der Waals surface area (Å²) in [5, 5.41) is 0. The van der Waals surface area contributed by atoms with Gasteiger partial charge in [-0.25, -0.2) is 0 Å². The molecule has 0 spiro atoms. The van der Waals surface area contributed by atoms with Crippen molar-refractivity contribution in [3.05, 3.63) is 35.4 Å². The highest BCUT2D eigenvalue weighted by molar-refractivity contribution is 7.98. The molecule has 19 heavy (non-hydrogen) atoms. The van der Waals surface area contributed by atoms with Gasteiger partial charge in [0.15, 0.2) is 0 Å². The van der Waals surface area contributed by atoms with E-state index in [-0.39, 0.29) is 5.97 Å². The van der Waals surface area contributed by atoms with Gasteiger partial charge in [-0.1, -0.05) is 37.1 Å². The largest absolute Gasteiger partial charge is 0.469 e. The third-order valence-electron chi connectivity index (χ3n) is 3.77. The second-order valence-corrected chi connectivity index (χ2v) is 6.22. The highest BCUT2D eigenvalue weighted by Gasteiger charge is 2.15. The van der Waals surface area contributed by atoms with Gasteiger partial charge in [-0.05, 0) is 35.6 Å². The molecule has 0 radical (unpaired) electrons. The van der Waals surface area contributed by atoms with E-state index in [1.807, 2.05) is 30.0 Å². The summed E-state index contributed by atoms with van der Waals surface area (Å²) < 4.78 is 4.75. The van der Waals surface area contributed by atoms with Crippen LogP contribution in [0, 0.1) is 5.92 Å². The quantitative estimate of drug-likeness (QED) is 0.740. The molecule has 0 aliphatic heterocycles. The van der Waals surface area contributed by atoms with Gasteiger partial charge < -0.3 is 4.74 Å². The van der Waals surface area contributed by atoms with Crippen molar-refractivity contribution in [3.8, 4) is 0 Å². The Kier molecular flexibility index (Phi) is 5.77. The number of benzene rings is 1. The topological polar surface area (TPSA) is 26.3 Å². The minimum Gasteiger partial charge on any atom is -0.469 e. The Hall–Kier alpha value is -0.960. The average molecular weight is 278 g/mol. The molecule has 0 heterocycles. The van der Waals surface area contributed by atoms with Gasteiger partial charge in [0, 0.05) is 5.75 Å². The van der Waals surface area contributed by atoms with Crippen molar-refractivity contribution in [3.63, 3.8) is 0 Å². The standard InChI is InChI=1S/C16H22O2S/c1-18-16(17)10-14-8-4-5-9-15(14)12-19-11-13-6-2-3-7-13/h4-5,8-9,13H,2-3,6-7,10-12H2,1H3. The predicted molar refractivity (Wildman–Crippen MR) is 80.3 cm³/mol. The number of esters is 1. The zero-order valence-electron chi connectivity index (χ0n) is 11.6. The first-order valence-electron chi connectivity index (χ1n) is 7.01. The number of carbonyl (C=O) groups is 1. The maximum atomic E-state index is 11.4. The van der Waals surface area contributed by atoms with Crippen molar-refractivity contribution >= 4 is 17.7 Å². The summed E-state index contributed by atoms with van der Waals surface area (Å²) in [6.45, 7) is 0.